The fourth-order valence-corrected chi connectivity index (χ4v) is 3.56. The van der Waals surface area contributed by atoms with Crippen LogP contribution < -0.4 is 16.0 Å². The number of nitrogens with one attached hydrogen (secondary N) is 3. The van der Waals surface area contributed by atoms with Gasteiger partial charge in [0.05, 0.1) is 0 Å². The smallest absolute Gasteiger partial charge is 0.223 e. The van der Waals surface area contributed by atoms with Crippen molar-refractivity contribution >= 4 is 47.6 Å². The van der Waals surface area contributed by atoms with E-state index in [2.05, 4.69) is 27.2 Å². The van der Waals surface area contributed by atoms with Crippen molar-refractivity contribution in [2.45, 2.75) is 63.5 Å². The molecule has 7 heteroatoms. The van der Waals surface area contributed by atoms with Gasteiger partial charge in [-0.05, 0) is 57.0 Å². The normalized spacial score (nSPS) is 24.0. The molecule has 2 atom stereocenters. The van der Waals surface area contributed by atoms with Gasteiger partial charge in [0, 0.05) is 31.6 Å². The number of guanidine groups is 1. The number of thioether (sulfide) groups is 1. The molecule has 2 unspecified atom stereocenters. The van der Waals surface area contributed by atoms with Crippen LogP contribution in [-0.2, 0) is 4.79 Å². The second-order valence-corrected chi connectivity index (χ2v) is 7.67. The summed E-state index contributed by atoms with van der Waals surface area (Å²) >= 11 is 1.89. The standard InChI is InChI=1S/C17H32N4OS.HI/c1-18-17(19-10-3-4-11-23-2)21-15-7-5-6-13(12-15)16(22)20-14-8-9-14;/h13-15H,3-12H2,1-2H3,(H,20,22)(H2,18,19,21);1H. The van der Waals surface area contributed by atoms with Gasteiger partial charge in [0.1, 0.15) is 0 Å². The minimum absolute atomic E-state index is 0. The number of hydrogen-bond acceptors (Lipinski definition) is 3. The molecule has 0 radical (unpaired) electrons. The highest BCUT2D eigenvalue weighted by Gasteiger charge is 2.31. The summed E-state index contributed by atoms with van der Waals surface area (Å²) < 4.78 is 0. The van der Waals surface area contributed by atoms with Crippen molar-refractivity contribution in [2.24, 2.45) is 10.9 Å². The lowest BCUT2D eigenvalue weighted by molar-refractivity contribution is -0.126. The molecule has 0 aromatic carbocycles. The molecule has 0 bridgehead atoms. The van der Waals surface area contributed by atoms with Gasteiger partial charge in [0.15, 0.2) is 5.96 Å². The van der Waals surface area contributed by atoms with Gasteiger partial charge in [-0.1, -0.05) is 6.42 Å². The second kappa shape index (κ2) is 12.2. The highest BCUT2D eigenvalue weighted by atomic mass is 127. The van der Waals surface area contributed by atoms with Crippen molar-refractivity contribution in [1.82, 2.24) is 16.0 Å². The number of unbranched alkanes of at least 4 members (excludes halogenated alkanes) is 1. The Bertz CT molecular complexity index is 404. The molecule has 2 aliphatic carbocycles. The molecular formula is C17H33IN4OS. The summed E-state index contributed by atoms with van der Waals surface area (Å²) in [5.74, 6) is 2.52. The lowest BCUT2D eigenvalue weighted by Crippen LogP contribution is -2.47. The zero-order valence-electron chi connectivity index (χ0n) is 15.0. The predicted octanol–water partition coefficient (Wildman–Crippen LogP) is 2.75. The monoisotopic (exact) mass is 468 g/mol. The molecule has 2 saturated carbocycles. The van der Waals surface area contributed by atoms with Crippen LogP contribution in [0, 0.1) is 5.92 Å². The first-order valence-corrected chi connectivity index (χ1v) is 10.4. The van der Waals surface area contributed by atoms with Gasteiger partial charge in [-0.3, -0.25) is 9.79 Å². The molecule has 0 heterocycles. The number of aliphatic imine (C=N–C) groups is 1. The molecular weight excluding hydrogens is 435 g/mol. The maximum atomic E-state index is 12.2. The van der Waals surface area contributed by atoms with Crippen LogP contribution in [0.15, 0.2) is 4.99 Å². The number of amides is 1. The van der Waals surface area contributed by atoms with Crippen LogP contribution in [0.25, 0.3) is 0 Å². The van der Waals surface area contributed by atoms with E-state index in [1.807, 2.05) is 18.8 Å². The third-order valence-electron chi connectivity index (χ3n) is 4.60. The Morgan fingerprint density at radius 1 is 1.12 bits per heavy atom. The Morgan fingerprint density at radius 3 is 2.58 bits per heavy atom. The van der Waals surface area contributed by atoms with Crippen molar-refractivity contribution in [3.63, 3.8) is 0 Å². The lowest BCUT2D eigenvalue weighted by Gasteiger charge is -2.30. The van der Waals surface area contributed by atoms with Gasteiger partial charge in [0.2, 0.25) is 5.91 Å². The number of carbonyl (C=O) groups excluding carboxylic acids is 1. The van der Waals surface area contributed by atoms with Crippen molar-refractivity contribution < 1.29 is 4.79 Å². The fraction of sp³-hybridized carbons (Fsp3) is 0.882. The van der Waals surface area contributed by atoms with Crippen LogP contribution in [0.2, 0.25) is 0 Å². The van der Waals surface area contributed by atoms with Crippen molar-refractivity contribution in [3.8, 4) is 0 Å². The number of halogens is 1. The van der Waals surface area contributed by atoms with Gasteiger partial charge < -0.3 is 16.0 Å². The average molecular weight is 468 g/mol. The molecule has 0 aromatic rings. The molecule has 2 fully saturated rings. The minimum Gasteiger partial charge on any atom is -0.356 e. The largest absolute Gasteiger partial charge is 0.356 e. The number of carbonyl (C=O) groups is 1. The summed E-state index contributed by atoms with van der Waals surface area (Å²) in [7, 11) is 1.82. The molecule has 2 aliphatic rings. The fourth-order valence-electron chi connectivity index (χ4n) is 3.07. The molecule has 24 heavy (non-hydrogen) atoms. The summed E-state index contributed by atoms with van der Waals surface area (Å²) in [4.78, 5) is 16.6. The van der Waals surface area contributed by atoms with Crippen LogP contribution in [0.4, 0.5) is 0 Å². The lowest BCUT2D eigenvalue weighted by atomic mass is 9.85. The number of nitrogens with zero attached hydrogens (tertiary/aromatic N) is 1. The number of hydrogen-bond donors (Lipinski definition) is 3. The maximum Gasteiger partial charge on any atom is 0.223 e. The van der Waals surface area contributed by atoms with E-state index in [0.29, 0.717) is 12.1 Å². The van der Waals surface area contributed by atoms with Gasteiger partial charge in [-0.15, -0.1) is 24.0 Å². The van der Waals surface area contributed by atoms with Gasteiger partial charge in [-0.25, -0.2) is 0 Å². The molecule has 2 rings (SSSR count). The highest BCUT2D eigenvalue weighted by molar-refractivity contribution is 14.0. The van der Waals surface area contributed by atoms with E-state index in [9.17, 15) is 4.79 Å². The molecule has 0 saturated heterocycles. The summed E-state index contributed by atoms with van der Waals surface area (Å²) in [5, 5.41) is 10.0. The summed E-state index contributed by atoms with van der Waals surface area (Å²) in [6.07, 6.45) is 11.1. The first kappa shape index (κ1) is 21.9. The molecule has 140 valence electrons. The third kappa shape index (κ3) is 8.27. The summed E-state index contributed by atoms with van der Waals surface area (Å²) in [6.45, 7) is 0.957. The van der Waals surface area contributed by atoms with Gasteiger partial charge in [-0.2, -0.15) is 11.8 Å². The van der Waals surface area contributed by atoms with E-state index in [0.717, 1.165) is 51.0 Å². The zero-order chi connectivity index (χ0) is 16.5. The van der Waals surface area contributed by atoms with E-state index in [1.54, 1.807) is 0 Å². The molecule has 0 aliphatic heterocycles. The Balaban J connectivity index is 0.00000288. The number of rotatable bonds is 8. The zero-order valence-corrected chi connectivity index (χ0v) is 18.1. The molecule has 3 N–H and O–H groups in total. The van der Waals surface area contributed by atoms with Gasteiger partial charge >= 0.3 is 0 Å². The molecule has 0 aromatic heterocycles. The van der Waals surface area contributed by atoms with Crippen LogP contribution in [-0.4, -0.2) is 49.6 Å². The Hall–Kier alpha value is -0.180. The van der Waals surface area contributed by atoms with E-state index in [-0.39, 0.29) is 35.8 Å². The van der Waals surface area contributed by atoms with E-state index in [4.69, 9.17) is 0 Å². The Kier molecular flexibility index (Phi) is 11.1. The predicted molar refractivity (Wildman–Crippen MR) is 114 cm³/mol. The van der Waals surface area contributed by atoms with Crippen molar-refractivity contribution in [2.75, 3.05) is 25.6 Å². The first-order chi connectivity index (χ1) is 11.2. The van der Waals surface area contributed by atoms with Crippen LogP contribution >= 0.6 is 35.7 Å². The van der Waals surface area contributed by atoms with E-state index < -0.39 is 0 Å². The SMILES string of the molecule is CN=C(NCCCCSC)NC1CCCC(C(=O)NC2CC2)C1.I. The topological polar surface area (TPSA) is 65.5 Å². The maximum absolute atomic E-state index is 12.2. The summed E-state index contributed by atoms with van der Waals surface area (Å²) in [6, 6.07) is 0.822. The average Bonchev–Trinajstić information content (AvgIpc) is 3.37. The van der Waals surface area contributed by atoms with Crippen LogP contribution in [0.5, 0.6) is 0 Å². The van der Waals surface area contributed by atoms with Crippen LogP contribution in [0.1, 0.15) is 51.4 Å². The first-order valence-electron chi connectivity index (χ1n) is 8.99. The highest BCUT2D eigenvalue weighted by Crippen LogP contribution is 2.26. The van der Waals surface area contributed by atoms with Gasteiger partial charge in [0.25, 0.3) is 0 Å². The third-order valence-corrected chi connectivity index (χ3v) is 5.30. The quantitative estimate of drug-likeness (QED) is 0.222. The van der Waals surface area contributed by atoms with Crippen molar-refractivity contribution in [1.29, 1.82) is 0 Å². The van der Waals surface area contributed by atoms with E-state index in [1.165, 1.54) is 18.6 Å². The second-order valence-electron chi connectivity index (χ2n) is 6.69. The molecule has 1 amide bonds. The minimum atomic E-state index is 0. The summed E-state index contributed by atoms with van der Waals surface area (Å²) in [5.41, 5.74) is 0. The van der Waals surface area contributed by atoms with Crippen LogP contribution in [0.3, 0.4) is 0 Å². The van der Waals surface area contributed by atoms with Crippen molar-refractivity contribution in [3.05, 3.63) is 0 Å². The molecule has 5 nitrogen and oxygen atoms in total. The Morgan fingerprint density at radius 2 is 1.92 bits per heavy atom. The van der Waals surface area contributed by atoms with E-state index >= 15 is 0 Å². The Labute approximate surface area is 168 Å². The molecule has 0 spiro atoms.